The van der Waals surface area contributed by atoms with Gasteiger partial charge >= 0.3 is 12.1 Å². The van der Waals surface area contributed by atoms with Gasteiger partial charge in [-0.3, -0.25) is 9.59 Å². The molecular formula is C15H17ClF4N2O3. The number of hydrogen-bond donors (Lipinski definition) is 2. The lowest BCUT2D eigenvalue weighted by Crippen LogP contribution is -2.33. The molecule has 2 rings (SSSR count). The van der Waals surface area contributed by atoms with E-state index < -0.39 is 42.3 Å². The highest BCUT2D eigenvalue weighted by atomic mass is 35.5. The Bertz CT molecular complexity index is 627. The summed E-state index contributed by atoms with van der Waals surface area (Å²) < 4.78 is 52.0. The number of para-hydroxylation sites is 1. The number of aliphatic carboxylic acids is 1. The lowest BCUT2D eigenvalue weighted by atomic mass is 9.96. The van der Waals surface area contributed by atoms with Crippen LogP contribution in [0.15, 0.2) is 24.3 Å². The number of carboxylic acids is 1. The fourth-order valence-corrected chi connectivity index (χ4v) is 2.68. The molecule has 0 bridgehead atoms. The van der Waals surface area contributed by atoms with Gasteiger partial charge in [0.1, 0.15) is 5.82 Å². The fourth-order valence-electron chi connectivity index (χ4n) is 2.68. The lowest BCUT2D eigenvalue weighted by Gasteiger charge is -2.18. The summed E-state index contributed by atoms with van der Waals surface area (Å²) in [6, 6.07) is 5.52. The average molecular weight is 385 g/mol. The van der Waals surface area contributed by atoms with E-state index in [9.17, 15) is 27.2 Å². The van der Waals surface area contributed by atoms with Gasteiger partial charge in [0.2, 0.25) is 5.91 Å². The Morgan fingerprint density at radius 1 is 1.24 bits per heavy atom. The van der Waals surface area contributed by atoms with Gasteiger partial charge in [-0.2, -0.15) is 13.2 Å². The molecule has 1 aliphatic heterocycles. The molecule has 2 atom stereocenters. The third-order valence-electron chi connectivity index (χ3n) is 3.94. The van der Waals surface area contributed by atoms with Crippen LogP contribution in [0.3, 0.4) is 0 Å². The minimum atomic E-state index is -4.60. The fraction of sp³-hybridized carbons (Fsp3) is 0.467. The van der Waals surface area contributed by atoms with Crippen LogP contribution < -0.4 is 5.32 Å². The van der Waals surface area contributed by atoms with Gasteiger partial charge in [0.15, 0.2) is 0 Å². The summed E-state index contributed by atoms with van der Waals surface area (Å²) in [5, 5.41) is 11.3. The van der Waals surface area contributed by atoms with E-state index in [1.165, 1.54) is 29.2 Å². The monoisotopic (exact) mass is 384 g/mol. The number of amides is 1. The molecule has 5 nitrogen and oxygen atoms in total. The number of nitrogens with zero attached hydrogens (tertiary/aromatic N) is 1. The zero-order valence-corrected chi connectivity index (χ0v) is 13.7. The number of alkyl halides is 3. The van der Waals surface area contributed by atoms with Crippen LogP contribution in [0, 0.1) is 17.7 Å². The molecule has 25 heavy (non-hydrogen) atoms. The number of rotatable bonds is 5. The molecule has 0 saturated carbocycles. The largest absolute Gasteiger partial charge is 0.481 e. The lowest BCUT2D eigenvalue weighted by molar-refractivity contribution is -0.188. The molecule has 0 radical (unpaired) electrons. The number of carboxylic acid groups (broad SMARTS) is 1. The molecular weight excluding hydrogens is 368 g/mol. The highest BCUT2D eigenvalue weighted by molar-refractivity contribution is 5.90. The second-order valence-corrected chi connectivity index (χ2v) is 5.63. The van der Waals surface area contributed by atoms with Crippen LogP contribution >= 0.6 is 12.4 Å². The second-order valence-electron chi connectivity index (χ2n) is 5.63. The van der Waals surface area contributed by atoms with Gasteiger partial charge in [-0.1, -0.05) is 12.1 Å². The van der Waals surface area contributed by atoms with Crippen molar-refractivity contribution in [2.75, 3.05) is 25.0 Å². The Hall–Kier alpha value is -1.87. The van der Waals surface area contributed by atoms with Crippen molar-refractivity contribution < 1.29 is 32.3 Å². The van der Waals surface area contributed by atoms with E-state index in [2.05, 4.69) is 5.32 Å². The minimum absolute atomic E-state index is 0. The average Bonchev–Trinajstić information content (AvgIpc) is 2.92. The first-order chi connectivity index (χ1) is 11.2. The number of likely N-dealkylation sites (tertiary alicyclic amines) is 1. The molecule has 0 aliphatic carbocycles. The van der Waals surface area contributed by atoms with Gasteiger partial charge in [-0.15, -0.1) is 12.4 Å². The topological polar surface area (TPSA) is 69.6 Å². The van der Waals surface area contributed by atoms with Crippen molar-refractivity contribution in [1.29, 1.82) is 0 Å². The van der Waals surface area contributed by atoms with E-state index in [1.807, 2.05) is 0 Å². The maximum Gasteiger partial charge on any atom is 0.393 e. The number of carbonyl (C=O) groups is 2. The molecule has 0 spiro atoms. The Labute approximate surface area is 147 Å². The maximum absolute atomic E-state index is 13.4. The first-order valence-electron chi connectivity index (χ1n) is 7.24. The Balaban J connectivity index is 0.00000312. The van der Waals surface area contributed by atoms with Gasteiger partial charge in [0.25, 0.3) is 0 Å². The van der Waals surface area contributed by atoms with Crippen molar-refractivity contribution >= 4 is 30.0 Å². The SMILES string of the molecule is Cl.O=C(CCN1C[C@@H](C(F)(F)F)[C@H](C(=O)O)C1)Nc1ccccc1F. The molecule has 140 valence electrons. The van der Waals surface area contributed by atoms with E-state index in [-0.39, 0.29) is 37.6 Å². The zero-order valence-electron chi connectivity index (χ0n) is 12.9. The van der Waals surface area contributed by atoms with Gasteiger partial charge in [0, 0.05) is 26.1 Å². The van der Waals surface area contributed by atoms with Crippen LogP contribution in [0.1, 0.15) is 6.42 Å². The Kier molecular flexibility index (Phi) is 7.18. The van der Waals surface area contributed by atoms with Gasteiger partial charge < -0.3 is 15.3 Å². The van der Waals surface area contributed by atoms with Gasteiger partial charge in [0.05, 0.1) is 17.5 Å². The third-order valence-corrected chi connectivity index (χ3v) is 3.94. The molecule has 10 heteroatoms. The molecule has 0 unspecified atom stereocenters. The molecule has 2 N–H and O–H groups in total. The van der Waals surface area contributed by atoms with Crippen LogP contribution in [-0.4, -0.2) is 47.7 Å². The number of hydrogen-bond acceptors (Lipinski definition) is 3. The molecule has 1 aromatic carbocycles. The molecule has 1 aliphatic rings. The Morgan fingerprint density at radius 3 is 2.40 bits per heavy atom. The first kappa shape index (κ1) is 21.2. The van der Waals surface area contributed by atoms with E-state index in [4.69, 9.17) is 5.11 Å². The van der Waals surface area contributed by atoms with Crippen LogP contribution in [-0.2, 0) is 9.59 Å². The standard InChI is InChI=1S/C15H16F4N2O3.ClH/c16-11-3-1-2-4-12(11)20-13(22)5-6-21-7-9(14(23)24)10(8-21)15(17,18)19;/h1-4,9-10H,5-8H2,(H,20,22)(H,23,24);1H/t9-,10-;/m1./s1. The van der Waals surface area contributed by atoms with E-state index in [0.717, 1.165) is 0 Å². The number of anilines is 1. The quantitative estimate of drug-likeness (QED) is 0.766. The number of halogens is 5. The van der Waals surface area contributed by atoms with Crippen LogP contribution in [0.2, 0.25) is 0 Å². The molecule has 1 aromatic rings. The smallest absolute Gasteiger partial charge is 0.393 e. The summed E-state index contributed by atoms with van der Waals surface area (Å²) in [4.78, 5) is 24.0. The predicted molar refractivity (Wildman–Crippen MR) is 84.0 cm³/mol. The number of benzene rings is 1. The van der Waals surface area contributed by atoms with E-state index in [0.29, 0.717) is 0 Å². The highest BCUT2D eigenvalue weighted by Crippen LogP contribution is 2.37. The van der Waals surface area contributed by atoms with Crippen molar-refractivity contribution in [2.45, 2.75) is 12.6 Å². The summed E-state index contributed by atoms with van der Waals surface area (Å²) in [5.41, 5.74) is -0.0134. The first-order valence-corrected chi connectivity index (χ1v) is 7.24. The predicted octanol–water partition coefficient (Wildman–Crippen LogP) is 2.77. The molecule has 1 amide bonds. The second kappa shape index (κ2) is 8.48. The van der Waals surface area contributed by atoms with Crippen molar-refractivity contribution in [2.24, 2.45) is 11.8 Å². The summed E-state index contributed by atoms with van der Waals surface area (Å²) >= 11 is 0. The van der Waals surface area contributed by atoms with Crippen molar-refractivity contribution in [1.82, 2.24) is 4.90 Å². The normalized spacial score (nSPS) is 20.8. The van der Waals surface area contributed by atoms with E-state index in [1.54, 1.807) is 0 Å². The molecule has 0 aromatic heterocycles. The summed E-state index contributed by atoms with van der Waals surface area (Å²) in [6.07, 6.45) is -4.77. The van der Waals surface area contributed by atoms with Crippen molar-refractivity contribution in [3.05, 3.63) is 30.1 Å². The van der Waals surface area contributed by atoms with Gasteiger partial charge in [-0.25, -0.2) is 4.39 Å². The van der Waals surface area contributed by atoms with E-state index >= 15 is 0 Å². The summed E-state index contributed by atoms with van der Waals surface area (Å²) in [5.74, 6) is -6.17. The van der Waals surface area contributed by atoms with Crippen molar-refractivity contribution in [3.63, 3.8) is 0 Å². The number of nitrogens with one attached hydrogen (secondary N) is 1. The molecule has 1 fully saturated rings. The van der Waals surface area contributed by atoms with Crippen molar-refractivity contribution in [3.8, 4) is 0 Å². The Morgan fingerprint density at radius 2 is 1.88 bits per heavy atom. The molecule has 1 heterocycles. The van der Waals surface area contributed by atoms with Crippen LogP contribution in [0.5, 0.6) is 0 Å². The third kappa shape index (κ3) is 5.57. The minimum Gasteiger partial charge on any atom is -0.481 e. The summed E-state index contributed by atoms with van der Waals surface area (Å²) in [6.45, 7) is -0.767. The van der Waals surface area contributed by atoms with Gasteiger partial charge in [-0.05, 0) is 12.1 Å². The molecule has 1 saturated heterocycles. The maximum atomic E-state index is 13.4. The van der Waals surface area contributed by atoms with Crippen LogP contribution in [0.25, 0.3) is 0 Å². The highest BCUT2D eigenvalue weighted by Gasteiger charge is 2.52. The zero-order chi connectivity index (χ0) is 17.9. The summed E-state index contributed by atoms with van der Waals surface area (Å²) in [7, 11) is 0. The number of carbonyl (C=O) groups excluding carboxylic acids is 1. The van der Waals surface area contributed by atoms with Crippen LogP contribution in [0.4, 0.5) is 23.2 Å².